The van der Waals surface area contributed by atoms with Crippen LogP contribution < -0.4 is 5.32 Å². The van der Waals surface area contributed by atoms with Gasteiger partial charge >= 0.3 is 0 Å². The Morgan fingerprint density at radius 3 is 2.45 bits per heavy atom. The van der Waals surface area contributed by atoms with E-state index in [-0.39, 0.29) is 17.9 Å². The molecule has 20 heavy (non-hydrogen) atoms. The Labute approximate surface area is 119 Å². The first-order valence-electron chi connectivity index (χ1n) is 6.83. The average Bonchev–Trinajstić information content (AvgIpc) is 2.42. The monoisotopic (exact) mass is 271 g/mol. The molecule has 0 radical (unpaired) electrons. The van der Waals surface area contributed by atoms with Gasteiger partial charge in [0.1, 0.15) is 0 Å². The Morgan fingerprint density at radius 2 is 1.80 bits per heavy atom. The summed E-state index contributed by atoms with van der Waals surface area (Å²) < 4.78 is 0. The molecule has 0 aliphatic heterocycles. The summed E-state index contributed by atoms with van der Waals surface area (Å²) in [4.78, 5) is 12.1. The van der Waals surface area contributed by atoms with Crippen molar-refractivity contribution in [3.63, 3.8) is 0 Å². The summed E-state index contributed by atoms with van der Waals surface area (Å²) in [5.41, 5.74) is 0.376. The lowest BCUT2D eigenvalue weighted by Crippen LogP contribution is -2.39. The van der Waals surface area contributed by atoms with E-state index in [4.69, 9.17) is 0 Å². The van der Waals surface area contributed by atoms with E-state index in [1.54, 1.807) is 6.07 Å². The molecule has 1 amide bonds. The summed E-state index contributed by atoms with van der Waals surface area (Å²) in [6.07, 6.45) is -0.563. The van der Waals surface area contributed by atoms with Crippen molar-refractivity contribution in [3.05, 3.63) is 48.0 Å². The standard InChI is InChI=1S/C17H21NO2/c1-17(2,3)15(19)11-18-16(20)14-9-8-12-6-4-5-7-13(12)10-14/h4-10,15,19H,11H2,1-3H3,(H,18,20). The highest BCUT2D eigenvalue weighted by Crippen LogP contribution is 2.19. The third kappa shape index (κ3) is 3.36. The van der Waals surface area contributed by atoms with E-state index in [0.717, 1.165) is 10.8 Å². The summed E-state index contributed by atoms with van der Waals surface area (Å²) in [7, 11) is 0. The number of fused-ring (bicyclic) bond motifs is 1. The first-order chi connectivity index (χ1) is 9.38. The van der Waals surface area contributed by atoms with E-state index in [9.17, 15) is 9.90 Å². The summed E-state index contributed by atoms with van der Waals surface area (Å²) in [5.74, 6) is -0.154. The molecule has 0 saturated carbocycles. The van der Waals surface area contributed by atoms with Crippen molar-refractivity contribution >= 4 is 16.7 Å². The Balaban J connectivity index is 2.08. The van der Waals surface area contributed by atoms with Crippen LogP contribution in [-0.4, -0.2) is 23.7 Å². The van der Waals surface area contributed by atoms with Crippen molar-refractivity contribution < 1.29 is 9.90 Å². The van der Waals surface area contributed by atoms with Gasteiger partial charge in [-0.25, -0.2) is 0 Å². The number of carbonyl (C=O) groups excluding carboxylic acids is 1. The van der Waals surface area contributed by atoms with Gasteiger partial charge in [0.2, 0.25) is 0 Å². The highest BCUT2D eigenvalue weighted by atomic mass is 16.3. The van der Waals surface area contributed by atoms with E-state index >= 15 is 0 Å². The van der Waals surface area contributed by atoms with Crippen molar-refractivity contribution in [3.8, 4) is 0 Å². The van der Waals surface area contributed by atoms with Gasteiger partial charge in [0.15, 0.2) is 0 Å². The fraction of sp³-hybridized carbons (Fsp3) is 0.353. The third-order valence-electron chi connectivity index (χ3n) is 3.47. The van der Waals surface area contributed by atoms with Crippen LogP contribution in [0.3, 0.4) is 0 Å². The maximum Gasteiger partial charge on any atom is 0.251 e. The molecule has 2 aromatic carbocycles. The van der Waals surface area contributed by atoms with Crippen LogP contribution in [0.2, 0.25) is 0 Å². The van der Waals surface area contributed by atoms with Crippen LogP contribution >= 0.6 is 0 Å². The van der Waals surface area contributed by atoms with Crippen LogP contribution in [0.15, 0.2) is 42.5 Å². The van der Waals surface area contributed by atoms with Crippen LogP contribution in [0.5, 0.6) is 0 Å². The molecule has 3 nitrogen and oxygen atoms in total. The SMILES string of the molecule is CC(C)(C)C(O)CNC(=O)c1ccc2ccccc2c1. The predicted molar refractivity (Wildman–Crippen MR) is 81.7 cm³/mol. The fourth-order valence-corrected chi connectivity index (χ4v) is 1.93. The third-order valence-corrected chi connectivity index (χ3v) is 3.47. The maximum absolute atomic E-state index is 12.1. The molecule has 0 saturated heterocycles. The van der Waals surface area contributed by atoms with E-state index in [1.807, 2.05) is 57.2 Å². The zero-order valence-electron chi connectivity index (χ0n) is 12.2. The molecule has 0 spiro atoms. The highest BCUT2D eigenvalue weighted by molar-refractivity contribution is 5.98. The Morgan fingerprint density at radius 1 is 1.15 bits per heavy atom. The molecule has 0 heterocycles. The van der Waals surface area contributed by atoms with Crippen molar-refractivity contribution in [2.45, 2.75) is 26.9 Å². The highest BCUT2D eigenvalue weighted by Gasteiger charge is 2.22. The smallest absolute Gasteiger partial charge is 0.251 e. The minimum absolute atomic E-state index is 0.154. The molecule has 0 aliphatic carbocycles. The van der Waals surface area contributed by atoms with E-state index in [1.165, 1.54) is 0 Å². The lowest BCUT2D eigenvalue weighted by atomic mass is 9.89. The van der Waals surface area contributed by atoms with Gasteiger partial charge in [-0.2, -0.15) is 0 Å². The van der Waals surface area contributed by atoms with Crippen LogP contribution in [0.4, 0.5) is 0 Å². The van der Waals surface area contributed by atoms with Gasteiger partial charge in [-0.05, 0) is 28.3 Å². The van der Waals surface area contributed by atoms with Gasteiger partial charge in [0, 0.05) is 12.1 Å². The topological polar surface area (TPSA) is 49.3 Å². The van der Waals surface area contributed by atoms with Gasteiger partial charge in [0.25, 0.3) is 5.91 Å². The fourth-order valence-electron chi connectivity index (χ4n) is 1.93. The molecule has 0 aromatic heterocycles. The number of hydrogen-bond acceptors (Lipinski definition) is 2. The van der Waals surface area contributed by atoms with E-state index < -0.39 is 6.10 Å². The molecule has 2 aromatic rings. The zero-order valence-corrected chi connectivity index (χ0v) is 12.2. The van der Waals surface area contributed by atoms with Crippen LogP contribution in [0, 0.1) is 5.41 Å². The van der Waals surface area contributed by atoms with Gasteiger partial charge in [-0.15, -0.1) is 0 Å². The lowest BCUT2D eigenvalue weighted by Gasteiger charge is -2.25. The molecule has 0 fully saturated rings. The van der Waals surface area contributed by atoms with Crippen molar-refractivity contribution in [2.75, 3.05) is 6.54 Å². The molecule has 3 heteroatoms. The molecule has 1 unspecified atom stereocenters. The second-order valence-corrected chi connectivity index (χ2v) is 6.15. The van der Waals surface area contributed by atoms with E-state index in [0.29, 0.717) is 5.56 Å². The number of nitrogens with one attached hydrogen (secondary N) is 1. The summed E-state index contributed by atoms with van der Waals surface area (Å²) in [6.45, 7) is 6.09. The second-order valence-electron chi connectivity index (χ2n) is 6.15. The first kappa shape index (κ1) is 14.5. The van der Waals surface area contributed by atoms with Gasteiger partial charge in [-0.3, -0.25) is 4.79 Å². The number of carbonyl (C=O) groups is 1. The molecular formula is C17H21NO2. The Bertz CT molecular complexity index is 614. The van der Waals surface area contributed by atoms with Gasteiger partial charge < -0.3 is 10.4 Å². The predicted octanol–water partition coefficient (Wildman–Crippen LogP) is 2.98. The van der Waals surface area contributed by atoms with Crippen LogP contribution in [0.25, 0.3) is 10.8 Å². The van der Waals surface area contributed by atoms with Crippen molar-refractivity contribution in [2.24, 2.45) is 5.41 Å². The summed E-state index contributed by atoms with van der Waals surface area (Å²) in [5, 5.41) is 14.9. The average molecular weight is 271 g/mol. The molecule has 0 aliphatic rings. The number of aliphatic hydroxyl groups is 1. The molecule has 2 rings (SSSR count). The number of aliphatic hydroxyl groups excluding tert-OH is 1. The minimum atomic E-state index is -0.563. The van der Waals surface area contributed by atoms with Gasteiger partial charge in [0.05, 0.1) is 6.10 Å². The Hall–Kier alpha value is -1.87. The molecular weight excluding hydrogens is 250 g/mol. The number of benzene rings is 2. The summed E-state index contributed by atoms with van der Waals surface area (Å²) >= 11 is 0. The van der Waals surface area contributed by atoms with Gasteiger partial charge in [-0.1, -0.05) is 51.1 Å². The minimum Gasteiger partial charge on any atom is -0.391 e. The van der Waals surface area contributed by atoms with Crippen molar-refractivity contribution in [1.29, 1.82) is 0 Å². The number of amides is 1. The quantitative estimate of drug-likeness (QED) is 0.901. The lowest BCUT2D eigenvalue weighted by molar-refractivity contribution is 0.0587. The van der Waals surface area contributed by atoms with Crippen LogP contribution in [-0.2, 0) is 0 Å². The van der Waals surface area contributed by atoms with E-state index in [2.05, 4.69) is 5.32 Å². The molecule has 2 N–H and O–H groups in total. The number of hydrogen-bond donors (Lipinski definition) is 2. The normalized spacial score (nSPS) is 13.2. The molecule has 0 bridgehead atoms. The summed E-state index contributed by atoms with van der Waals surface area (Å²) in [6, 6.07) is 13.5. The molecule has 106 valence electrons. The molecule has 1 atom stereocenters. The Kier molecular flexibility index (Phi) is 4.09. The maximum atomic E-state index is 12.1. The largest absolute Gasteiger partial charge is 0.391 e. The van der Waals surface area contributed by atoms with Crippen molar-refractivity contribution in [1.82, 2.24) is 5.32 Å². The first-order valence-corrected chi connectivity index (χ1v) is 6.83. The zero-order chi connectivity index (χ0) is 14.8. The van der Waals surface area contributed by atoms with Crippen LogP contribution in [0.1, 0.15) is 31.1 Å². The number of rotatable bonds is 3. The second kappa shape index (κ2) is 5.63.